The van der Waals surface area contributed by atoms with Gasteiger partial charge in [-0.1, -0.05) is 0 Å². The lowest BCUT2D eigenvalue weighted by Gasteiger charge is -2.54. The van der Waals surface area contributed by atoms with Crippen LogP contribution in [0.25, 0.3) is 10.9 Å². The number of methoxy groups -OCH3 is 1. The maximum Gasteiger partial charge on any atom is 0.211 e. The first-order chi connectivity index (χ1) is 11.8. The van der Waals surface area contributed by atoms with Crippen molar-refractivity contribution >= 4 is 20.9 Å². The van der Waals surface area contributed by atoms with Crippen LogP contribution in [-0.2, 0) is 15.4 Å². The molecular weight excluding hydrogens is 342 g/mol. The molecule has 4 rings (SSSR count). The number of sulfonamides is 1. The number of nitrogens with zero attached hydrogens (tertiary/aromatic N) is 2. The molecule has 0 unspecified atom stereocenters. The van der Waals surface area contributed by atoms with Crippen LogP contribution in [0.4, 0.5) is 0 Å². The molecule has 0 aliphatic carbocycles. The number of likely N-dealkylation sites (N-methyl/N-ethyl adjacent to an activating group) is 1. The predicted octanol–water partition coefficient (Wildman–Crippen LogP) is 0.668. The van der Waals surface area contributed by atoms with Gasteiger partial charge in [-0.3, -0.25) is 4.90 Å². The second-order valence-corrected chi connectivity index (χ2v) is 9.23. The number of aromatic nitrogens is 1. The summed E-state index contributed by atoms with van der Waals surface area (Å²) in [6, 6.07) is 5.77. The highest BCUT2D eigenvalue weighted by molar-refractivity contribution is 7.88. The fourth-order valence-electron chi connectivity index (χ4n) is 4.38. The van der Waals surface area contributed by atoms with E-state index < -0.39 is 10.0 Å². The highest BCUT2D eigenvalue weighted by Crippen LogP contribution is 2.48. The van der Waals surface area contributed by atoms with Crippen molar-refractivity contribution in [2.24, 2.45) is 0 Å². The highest BCUT2D eigenvalue weighted by Gasteiger charge is 2.54. The standard InChI is InChI=1S/C17H23N3O4S/c1-19-8-17(9-20(10-17)25(3,22)23)15-12-5-4-11(24-2)6-13(12)18-16(15)14(19)7-21/h4-6,14,18,21H,7-10H2,1-3H3/t14-/m1/s1. The number of aromatic amines is 1. The second-order valence-electron chi connectivity index (χ2n) is 7.25. The first-order valence-electron chi connectivity index (χ1n) is 8.25. The smallest absolute Gasteiger partial charge is 0.211 e. The van der Waals surface area contributed by atoms with Crippen LogP contribution in [0.1, 0.15) is 17.3 Å². The number of aliphatic hydroxyl groups is 1. The third kappa shape index (κ3) is 2.39. The van der Waals surface area contributed by atoms with Gasteiger partial charge in [-0.15, -0.1) is 0 Å². The van der Waals surface area contributed by atoms with Crippen molar-refractivity contribution in [1.82, 2.24) is 14.2 Å². The lowest BCUT2D eigenvalue weighted by atomic mass is 9.70. The van der Waals surface area contributed by atoms with Gasteiger partial charge >= 0.3 is 0 Å². The van der Waals surface area contributed by atoms with Crippen LogP contribution in [0.5, 0.6) is 5.75 Å². The molecule has 0 amide bonds. The summed E-state index contributed by atoms with van der Waals surface area (Å²) >= 11 is 0. The molecule has 1 fully saturated rings. The summed E-state index contributed by atoms with van der Waals surface area (Å²) in [5, 5.41) is 11.0. The van der Waals surface area contributed by atoms with Gasteiger partial charge in [0.1, 0.15) is 5.75 Å². The Balaban J connectivity index is 1.88. The van der Waals surface area contributed by atoms with Crippen molar-refractivity contribution in [2.45, 2.75) is 11.5 Å². The van der Waals surface area contributed by atoms with Crippen LogP contribution < -0.4 is 4.74 Å². The molecule has 1 aromatic carbocycles. The summed E-state index contributed by atoms with van der Waals surface area (Å²) in [6.45, 7) is 1.68. The van der Waals surface area contributed by atoms with E-state index in [2.05, 4.69) is 9.88 Å². The molecule has 0 saturated carbocycles. The normalized spacial score (nSPS) is 23.6. The van der Waals surface area contributed by atoms with E-state index in [0.29, 0.717) is 13.1 Å². The quantitative estimate of drug-likeness (QED) is 0.835. The van der Waals surface area contributed by atoms with Crippen LogP contribution in [0.3, 0.4) is 0 Å². The summed E-state index contributed by atoms with van der Waals surface area (Å²) in [5.41, 5.74) is 2.83. The van der Waals surface area contributed by atoms with Crippen LogP contribution in [-0.4, -0.2) is 74.4 Å². The van der Waals surface area contributed by atoms with E-state index in [0.717, 1.165) is 34.5 Å². The van der Waals surface area contributed by atoms with E-state index in [9.17, 15) is 13.5 Å². The Morgan fingerprint density at radius 2 is 2.08 bits per heavy atom. The molecule has 1 spiro atoms. The van der Waals surface area contributed by atoms with Gasteiger partial charge in [-0.05, 0) is 24.7 Å². The number of hydrogen-bond acceptors (Lipinski definition) is 5. The van der Waals surface area contributed by atoms with E-state index in [1.54, 1.807) is 7.11 Å². The maximum atomic E-state index is 11.9. The molecule has 1 aromatic heterocycles. The van der Waals surface area contributed by atoms with Gasteiger partial charge in [0.25, 0.3) is 0 Å². The molecule has 2 aliphatic rings. The first kappa shape index (κ1) is 16.8. The minimum Gasteiger partial charge on any atom is -0.497 e. The van der Waals surface area contributed by atoms with Crippen molar-refractivity contribution in [3.8, 4) is 5.75 Å². The second kappa shape index (κ2) is 5.44. The largest absolute Gasteiger partial charge is 0.497 e. The van der Waals surface area contributed by atoms with Crippen LogP contribution >= 0.6 is 0 Å². The summed E-state index contributed by atoms with van der Waals surface area (Å²) < 4.78 is 30.6. The van der Waals surface area contributed by atoms with Crippen LogP contribution in [0.15, 0.2) is 18.2 Å². The lowest BCUT2D eigenvalue weighted by Crippen LogP contribution is -2.66. The molecule has 3 heterocycles. The van der Waals surface area contributed by atoms with Gasteiger partial charge in [0.05, 0.1) is 26.0 Å². The minimum absolute atomic E-state index is 0.0132. The zero-order valence-electron chi connectivity index (χ0n) is 14.6. The van der Waals surface area contributed by atoms with Gasteiger partial charge in [0, 0.05) is 47.7 Å². The SMILES string of the molecule is COc1ccc2c3c([nH]c2c1)[C@@H](CO)N(C)CC31CN(S(C)(=O)=O)C1. The lowest BCUT2D eigenvalue weighted by molar-refractivity contribution is 0.0470. The third-order valence-corrected chi connectivity index (χ3v) is 6.78. The average molecular weight is 365 g/mol. The Labute approximate surface area is 147 Å². The maximum absolute atomic E-state index is 11.9. The summed E-state index contributed by atoms with van der Waals surface area (Å²) in [7, 11) is 0.411. The molecule has 0 bridgehead atoms. The molecule has 8 heteroatoms. The number of hydrogen-bond donors (Lipinski definition) is 2. The zero-order valence-corrected chi connectivity index (χ0v) is 15.4. The molecule has 1 saturated heterocycles. The number of aliphatic hydroxyl groups excluding tert-OH is 1. The van der Waals surface area contributed by atoms with Gasteiger partial charge in [-0.2, -0.15) is 0 Å². The van der Waals surface area contributed by atoms with E-state index >= 15 is 0 Å². The van der Waals surface area contributed by atoms with Crippen molar-refractivity contribution in [3.05, 3.63) is 29.5 Å². The summed E-state index contributed by atoms with van der Waals surface area (Å²) in [5.74, 6) is 0.764. The highest BCUT2D eigenvalue weighted by atomic mass is 32.2. The molecule has 2 aliphatic heterocycles. The van der Waals surface area contributed by atoms with Gasteiger partial charge in [-0.25, -0.2) is 12.7 Å². The van der Waals surface area contributed by atoms with Crippen molar-refractivity contribution in [2.75, 3.05) is 46.7 Å². The Bertz CT molecular complexity index is 931. The van der Waals surface area contributed by atoms with Gasteiger partial charge < -0.3 is 14.8 Å². The summed E-state index contributed by atoms with van der Waals surface area (Å²) in [6.07, 6.45) is 1.25. The van der Waals surface area contributed by atoms with Crippen molar-refractivity contribution in [3.63, 3.8) is 0 Å². The molecule has 1 atom stereocenters. The van der Waals surface area contributed by atoms with Crippen LogP contribution in [0.2, 0.25) is 0 Å². The number of rotatable bonds is 3. The van der Waals surface area contributed by atoms with Gasteiger partial charge in [0.2, 0.25) is 10.0 Å². The molecular formula is C17H23N3O4S. The third-order valence-electron chi connectivity index (χ3n) is 5.58. The monoisotopic (exact) mass is 365 g/mol. The first-order valence-corrected chi connectivity index (χ1v) is 10.1. The Hall–Kier alpha value is -1.61. The van der Waals surface area contributed by atoms with E-state index in [1.807, 2.05) is 25.2 Å². The van der Waals surface area contributed by atoms with E-state index in [4.69, 9.17) is 4.74 Å². The Morgan fingerprint density at radius 1 is 1.36 bits per heavy atom. The molecule has 0 radical (unpaired) electrons. The number of benzene rings is 1. The molecule has 7 nitrogen and oxygen atoms in total. The zero-order chi connectivity index (χ0) is 18.0. The fourth-order valence-corrected chi connectivity index (χ4v) is 5.35. The molecule has 25 heavy (non-hydrogen) atoms. The number of H-pyrrole nitrogens is 1. The topological polar surface area (TPSA) is 85.9 Å². The molecule has 2 N–H and O–H groups in total. The number of ether oxygens (including phenoxy) is 1. The molecule has 2 aromatic rings. The Kier molecular flexibility index (Phi) is 3.66. The van der Waals surface area contributed by atoms with E-state index in [1.165, 1.54) is 10.6 Å². The number of fused-ring (bicyclic) bond motifs is 4. The average Bonchev–Trinajstić information content (AvgIpc) is 2.89. The fraction of sp³-hybridized carbons (Fsp3) is 0.529. The van der Waals surface area contributed by atoms with Gasteiger partial charge in [0.15, 0.2) is 0 Å². The minimum atomic E-state index is -3.19. The van der Waals surface area contributed by atoms with Crippen molar-refractivity contribution in [1.29, 1.82) is 0 Å². The predicted molar refractivity (Wildman–Crippen MR) is 95.4 cm³/mol. The number of nitrogens with one attached hydrogen (secondary N) is 1. The van der Waals surface area contributed by atoms with E-state index in [-0.39, 0.29) is 18.1 Å². The molecule has 136 valence electrons. The van der Waals surface area contributed by atoms with Crippen LogP contribution in [0, 0.1) is 0 Å². The summed E-state index contributed by atoms with van der Waals surface area (Å²) in [4.78, 5) is 5.56. The Morgan fingerprint density at radius 3 is 2.68 bits per heavy atom. The van der Waals surface area contributed by atoms with Crippen molar-refractivity contribution < 1.29 is 18.3 Å².